The summed E-state index contributed by atoms with van der Waals surface area (Å²) in [6, 6.07) is 16.1. The lowest BCUT2D eigenvalue weighted by Gasteiger charge is -2.20. The molecule has 0 saturated carbocycles. The Morgan fingerprint density at radius 3 is 2.43 bits per heavy atom. The Morgan fingerprint density at radius 1 is 1.14 bits per heavy atom. The van der Waals surface area contributed by atoms with Crippen molar-refractivity contribution in [2.75, 3.05) is 12.3 Å². The van der Waals surface area contributed by atoms with Crippen molar-refractivity contribution in [2.24, 2.45) is 0 Å². The Hall–Kier alpha value is -0.970. The third-order valence-corrected chi connectivity index (χ3v) is 5.37. The van der Waals surface area contributed by atoms with Crippen molar-refractivity contribution >= 4 is 26.7 Å². The standard InChI is InChI=1S/C17H20BrNOS/c1-3-19-17(16-7-5-4-6-13(16)2)12-21(20)15-10-8-14(18)9-11-15/h4-11,17,19H,3,12H2,1-2H3. The van der Waals surface area contributed by atoms with Crippen molar-refractivity contribution in [3.05, 3.63) is 64.1 Å². The van der Waals surface area contributed by atoms with Crippen molar-refractivity contribution in [2.45, 2.75) is 24.8 Å². The van der Waals surface area contributed by atoms with Gasteiger partial charge in [-0.05, 0) is 48.9 Å². The van der Waals surface area contributed by atoms with Crippen LogP contribution in [0.4, 0.5) is 0 Å². The number of nitrogens with one attached hydrogen (secondary N) is 1. The van der Waals surface area contributed by atoms with Gasteiger partial charge in [-0.2, -0.15) is 0 Å². The SMILES string of the molecule is CCNC(CS(=O)c1ccc(Br)cc1)c1ccccc1C. The Morgan fingerprint density at radius 2 is 1.81 bits per heavy atom. The highest BCUT2D eigenvalue weighted by Gasteiger charge is 2.16. The van der Waals surface area contributed by atoms with Gasteiger partial charge in [-0.15, -0.1) is 0 Å². The van der Waals surface area contributed by atoms with E-state index in [0.717, 1.165) is 15.9 Å². The van der Waals surface area contributed by atoms with Gasteiger partial charge in [-0.1, -0.05) is 47.1 Å². The van der Waals surface area contributed by atoms with Gasteiger partial charge < -0.3 is 5.32 Å². The van der Waals surface area contributed by atoms with E-state index in [1.165, 1.54) is 11.1 Å². The summed E-state index contributed by atoms with van der Waals surface area (Å²) < 4.78 is 13.6. The molecule has 0 aromatic heterocycles. The molecule has 2 atom stereocenters. The van der Waals surface area contributed by atoms with Gasteiger partial charge in [0.1, 0.15) is 0 Å². The van der Waals surface area contributed by atoms with Crippen molar-refractivity contribution in [1.82, 2.24) is 5.32 Å². The minimum atomic E-state index is -1.02. The van der Waals surface area contributed by atoms with Crippen LogP contribution in [0.3, 0.4) is 0 Å². The van der Waals surface area contributed by atoms with Gasteiger partial charge in [0, 0.05) is 21.2 Å². The predicted octanol–water partition coefficient (Wildman–Crippen LogP) is 4.22. The van der Waals surface area contributed by atoms with E-state index in [9.17, 15) is 4.21 Å². The van der Waals surface area contributed by atoms with Crippen LogP contribution in [0.25, 0.3) is 0 Å². The van der Waals surface area contributed by atoms with E-state index in [0.29, 0.717) is 5.75 Å². The molecule has 0 saturated heterocycles. The highest BCUT2D eigenvalue weighted by molar-refractivity contribution is 9.10. The zero-order valence-electron chi connectivity index (χ0n) is 12.3. The molecule has 4 heteroatoms. The van der Waals surface area contributed by atoms with E-state index in [-0.39, 0.29) is 6.04 Å². The van der Waals surface area contributed by atoms with E-state index in [1.807, 2.05) is 36.4 Å². The Kier molecular flexibility index (Phi) is 6.15. The van der Waals surface area contributed by atoms with Crippen molar-refractivity contribution in [3.8, 4) is 0 Å². The second kappa shape index (κ2) is 7.87. The summed E-state index contributed by atoms with van der Waals surface area (Å²) in [4.78, 5) is 0.870. The van der Waals surface area contributed by atoms with Gasteiger partial charge in [0.15, 0.2) is 0 Å². The van der Waals surface area contributed by atoms with Crippen LogP contribution in [0.1, 0.15) is 24.1 Å². The highest BCUT2D eigenvalue weighted by Crippen LogP contribution is 2.21. The molecule has 0 amide bonds. The fourth-order valence-corrected chi connectivity index (χ4v) is 3.81. The average Bonchev–Trinajstić information content (AvgIpc) is 2.48. The average molecular weight is 366 g/mol. The molecule has 2 rings (SSSR count). The predicted molar refractivity (Wildman–Crippen MR) is 93.0 cm³/mol. The lowest BCUT2D eigenvalue weighted by Crippen LogP contribution is -2.26. The van der Waals surface area contributed by atoms with Crippen LogP contribution in [-0.4, -0.2) is 16.5 Å². The maximum Gasteiger partial charge on any atom is 0.0548 e. The van der Waals surface area contributed by atoms with E-state index >= 15 is 0 Å². The number of hydrogen-bond acceptors (Lipinski definition) is 2. The first kappa shape index (κ1) is 16.4. The molecule has 0 aliphatic heterocycles. The van der Waals surface area contributed by atoms with Gasteiger partial charge in [0.25, 0.3) is 0 Å². The van der Waals surface area contributed by atoms with E-state index in [4.69, 9.17) is 0 Å². The van der Waals surface area contributed by atoms with E-state index in [1.54, 1.807) is 0 Å². The van der Waals surface area contributed by atoms with Gasteiger partial charge >= 0.3 is 0 Å². The number of rotatable bonds is 6. The lowest BCUT2D eigenvalue weighted by molar-refractivity contribution is 0.592. The molecule has 2 aromatic carbocycles. The molecular weight excluding hydrogens is 346 g/mol. The molecule has 1 N–H and O–H groups in total. The minimum absolute atomic E-state index is 0.112. The second-order valence-electron chi connectivity index (χ2n) is 4.93. The van der Waals surface area contributed by atoms with Crippen molar-refractivity contribution in [3.63, 3.8) is 0 Å². The Labute approximate surface area is 137 Å². The van der Waals surface area contributed by atoms with Crippen LogP contribution in [0.15, 0.2) is 57.9 Å². The molecule has 21 heavy (non-hydrogen) atoms. The first-order valence-corrected chi connectivity index (χ1v) is 9.16. The van der Waals surface area contributed by atoms with Crippen molar-refractivity contribution < 1.29 is 4.21 Å². The van der Waals surface area contributed by atoms with Crippen LogP contribution in [0.2, 0.25) is 0 Å². The zero-order valence-corrected chi connectivity index (χ0v) is 14.7. The van der Waals surface area contributed by atoms with Crippen LogP contribution in [0.5, 0.6) is 0 Å². The third kappa shape index (κ3) is 4.50. The number of benzene rings is 2. The molecule has 0 spiro atoms. The molecule has 2 nitrogen and oxygen atoms in total. The quantitative estimate of drug-likeness (QED) is 0.830. The summed E-state index contributed by atoms with van der Waals surface area (Å²) >= 11 is 3.41. The van der Waals surface area contributed by atoms with E-state index in [2.05, 4.69) is 47.2 Å². The van der Waals surface area contributed by atoms with Gasteiger partial charge in [-0.25, -0.2) is 0 Å². The van der Waals surface area contributed by atoms with Gasteiger partial charge in [0.2, 0.25) is 0 Å². The fourth-order valence-electron chi connectivity index (χ4n) is 2.32. The van der Waals surface area contributed by atoms with Crippen LogP contribution in [0, 0.1) is 6.92 Å². The molecule has 0 aliphatic carbocycles. The summed E-state index contributed by atoms with van der Waals surface area (Å²) in [6.45, 7) is 5.03. The molecular formula is C17H20BrNOS. The molecule has 0 fully saturated rings. The highest BCUT2D eigenvalue weighted by atomic mass is 79.9. The number of halogens is 1. The summed E-state index contributed by atoms with van der Waals surface area (Å²) in [5.74, 6) is 0.584. The zero-order chi connectivity index (χ0) is 15.2. The summed E-state index contributed by atoms with van der Waals surface area (Å²) in [7, 11) is -1.02. The molecule has 0 bridgehead atoms. The smallest absolute Gasteiger partial charge is 0.0548 e. The Bertz CT molecular complexity index is 612. The molecule has 0 aliphatic rings. The van der Waals surface area contributed by atoms with Crippen LogP contribution >= 0.6 is 15.9 Å². The topological polar surface area (TPSA) is 29.1 Å². The summed E-state index contributed by atoms with van der Waals surface area (Å²) in [5.41, 5.74) is 2.46. The maximum absolute atomic E-state index is 12.6. The second-order valence-corrected chi connectivity index (χ2v) is 7.34. The van der Waals surface area contributed by atoms with E-state index < -0.39 is 10.8 Å². The molecule has 0 heterocycles. The van der Waals surface area contributed by atoms with Gasteiger partial charge in [-0.3, -0.25) is 4.21 Å². The monoisotopic (exact) mass is 365 g/mol. The fraction of sp³-hybridized carbons (Fsp3) is 0.294. The number of hydrogen-bond donors (Lipinski definition) is 1. The lowest BCUT2D eigenvalue weighted by atomic mass is 10.0. The Balaban J connectivity index is 2.18. The molecule has 112 valence electrons. The summed E-state index contributed by atoms with van der Waals surface area (Å²) in [6.07, 6.45) is 0. The largest absolute Gasteiger partial charge is 0.309 e. The molecule has 2 aromatic rings. The normalized spacial score (nSPS) is 13.9. The molecule has 0 radical (unpaired) electrons. The van der Waals surface area contributed by atoms with Crippen molar-refractivity contribution in [1.29, 1.82) is 0 Å². The van der Waals surface area contributed by atoms with Gasteiger partial charge in [0.05, 0.1) is 10.8 Å². The number of aryl methyl sites for hydroxylation is 1. The van der Waals surface area contributed by atoms with Crippen LogP contribution in [-0.2, 0) is 10.8 Å². The maximum atomic E-state index is 12.6. The first-order chi connectivity index (χ1) is 10.1. The minimum Gasteiger partial charge on any atom is -0.309 e. The summed E-state index contributed by atoms with van der Waals surface area (Å²) in [5, 5.41) is 3.45. The molecule has 2 unspecified atom stereocenters. The first-order valence-electron chi connectivity index (χ1n) is 7.04. The van der Waals surface area contributed by atoms with Crippen LogP contribution < -0.4 is 5.32 Å². The third-order valence-electron chi connectivity index (χ3n) is 3.41.